The van der Waals surface area contributed by atoms with E-state index >= 15 is 0 Å². The van der Waals surface area contributed by atoms with Crippen molar-refractivity contribution >= 4 is 17.2 Å². The van der Waals surface area contributed by atoms with Gasteiger partial charge in [-0.1, -0.05) is 0 Å². The van der Waals surface area contributed by atoms with Crippen LogP contribution in [0.5, 0.6) is 0 Å². The van der Waals surface area contributed by atoms with Gasteiger partial charge in [0.15, 0.2) is 0 Å². The molecule has 0 spiro atoms. The Balaban J connectivity index is 2.59. The van der Waals surface area contributed by atoms with Crippen molar-refractivity contribution in [3.05, 3.63) is 10.4 Å². The van der Waals surface area contributed by atoms with Gasteiger partial charge in [0.1, 0.15) is 10.8 Å². The molecule has 0 aliphatic heterocycles. The molecule has 4 heteroatoms. The van der Waals surface area contributed by atoms with Crippen LogP contribution in [-0.2, 0) is 6.54 Å². The predicted octanol–water partition coefficient (Wildman–Crippen LogP) is 0.904. The van der Waals surface area contributed by atoms with Crippen LogP contribution in [0, 0.1) is 0 Å². The highest BCUT2D eigenvalue weighted by atomic mass is 32.1. The van der Waals surface area contributed by atoms with Gasteiger partial charge in [0.25, 0.3) is 0 Å². The molecule has 0 radical (unpaired) electrons. The monoisotopic (exact) mass is 157 g/mol. The number of nitrogens with zero attached hydrogens (tertiary/aromatic N) is 1. The standard InChI is InChI=1S/C6H11N3S/c1-7-3-6-9-5(8-2)4-10-6/h4,7-8H,3H2,1-2H3. The van der Waals surface area contributed by atoms with Crippen LogP contribution in [0.1, 0.15) is 5.01 Å². The Bertz CT molecular complexity index is 197. The van der Waals surface area contributed by atoms with E-state index in [4.69, 9.17) is 0 Å². The van der Waals surface area contributed by atoms with E-state index in [0.29, 0.717) is 0 Å². The minimum absolute atomic E-state index is 0.854. The molecule has 56 valence electrons. The van der Waals surface area contributed by atoms with Crippen molar-refractivity contribution in [2.24, 2.45) is 0 Å². The van der Waals surface area contributed by atoms with E-state index in [0.717, 1.165) is 17.4 Å². The number of hydrogen-bond donors (Lipinski definition) is 2. The first kappa shape index (κ1) is 7.50. The molecule has 1 heterocycles. The zero-order chi connectivity index (χ0) is 7.40. The van der Waals surface area contributed by atoms with Crippen molar-refractivity contribution in [3.8, 4) is 0 Å². The van der Waals surface area contributed by atoms with Gasteiger partial charge in [0.05, 0.1) is 0 Å². The van der Waals surface area contributed by atoms with Crippen LogP contribution in [0.3, 0.4) is 0 Å². The minimum atomic E-state index is 0.854. The molecule has 1 aromatic rings. The summed E-state index contributed by atoms with van der Waals surface area (Å²) in [5, 5.41) is 9.14. The molecular formula is C6H11N3S. The first-order valence-corrected chi connectivity index (χ1v) is 4.01. The van der Waals surface area contributed by atoms with E-state index in [1.54, 1.807) is 11.3 Å². The molecule has 1 aromatic heterocycles. The van der Waals surface area contributed by atoms with Crippen LogP contribution in [0.2, 0.25) is 0 Å². The number of aromatic nitrogens is 1. The summed E-state index contributed by atoms with van der Waals surface area (Å²) in [7, 11) is 3.79. The Morgan fingerprint density at radius 2 is 2.40 bits per heavy atom. The largest absolute Gasteiger partial charge is 0.372 e. The van der Waals surface area contributed by atoms with E-state index in [9.17, 15) is 0 Å². The zero-order valence-corrected chi connectivity index (χ0v) is 6.96. The van der Waals surface area contributed by atoms with Crippen LogP contribution in [0.15, 0.2) is 5.38 Å². The maximum Gasteiger partial charge on any atom is 0.137 e. The number of nitrogens with one attached hydrogen (secondary N) is 2. The summed E-state index contributed by atoms with van der Waals surface area (Å²) >= 11 is 1.66. The molecule has 0 bridgehead atoms. The summed E-state index contributed by atoms with van der Waals surface area (Å²) in [6, 6.07) is 0. The predicted molar refractivity (Wildman–Crippen MR) is 44.4 cm³/mol. The molecule has 0 aliphatic rings. The fourth-order valence-electron chi connectivity index (χ4n) is 0.658. The average molecular weight is 157 g/mol. The second-order valence-corrected chi connectivity index (χ2v) is 2.85. The van der Waals surface area contributed by atoms with Crippen LogP contribution in [0.4, 0.5) is 5.82 Å². The minimum Gasteiger partial charge on any atom is -0.372 e. The maximum atomic E-state index is 4.26. The highest BCUT2D eigenvalue weighted by Gasteiger charge is 1.96. The molecule has 2 N–H and O–H groups in total. The molecular weight excluding hydrogens is 146 g/mol. The van der Waals surface area contributed by atoms with E-state index < -0.39 is 0 Å². The van der Waals surface area contributed by atoms with Crippen molar-refractivity contribution in [3.63, 3.8) is 0 Å². The van der Waals surface area contributed by atoms with Gasteiger partial charge in [0.2, 0.25) is 0 Å². The van der Waals surface area contributed by atoms with Gasteiger partial charge in [-0.05, 0) is 7.05 Å². The van der Waals surface area contributed by atoms with Crippen LogP contribution >= 0.6 is 11.3 Å². The SMILES string of the molecule is CNCc1nc(NC)cs1. The number of hydrogen-bond acceptors (Lipinski definition) is 4. The lowest BCUT2D eigenvalue weighted by Crippen LogP contribution is -2.04. The second kappa shape index (κ2) is 3.53. The van der Waals surface area contributed by atoms with Crippen LogP contribution in [-0.4, -0.2) is 19.1 Å². The van der Waals surface area contributed by atoms with Crippen LogP contribution in [0.25, 0.3) is 0 Å². The molecule has 0 saturated carbocycles. The normalized spacial score (nSPS) is 9.80. The Kier molecular flexibility index (Phi) is 2.65. The molecule has 0 aliphatic carbocycles. The molecule has 3 nitrogen and oxygen atoms in total. The van der Waals surface area contributed by atoms with E-state index in [-0.39, 0.29) is 0 Å². The van der Waals surface area contributed by atoms with Gasteiger partial charge in [0, 0.05) is 19.0 Å². The summed E-state index contributed by atoms with van der Waals surface area (Å²) < 4.78 is 0. The lowest BCUT2D eigenvalue weighted by molar-refractivity contribution is 0.810. The van der Waals surface area contributed by atoms with Gasteiger partial charge in [-0.15, -0.1) is 11.3 Å². The van der Waals surface area contributed by atoms with Gasteiger partial charge in [-0.2, -0.15) is 0 Å². The number of anilines is 1. The molecule has 0 aromatic carbocycles. The second-order valence-electron chi connectivity index (χ2n) is 1.91. The number of thiazole rings is 1. The van der Waals surface area contributed by atoms with Crippen molar-refractivity contribution in [1.29, 1.82) is 0 Å². The van der Waals surface area contributed by atoms with Gasteiger partial charge >= 0.3 is 0 Å². The van der Waals surface area contributed by atoms with E-state index in [1.165, 1.54) is 0 Å². The number of rotatable bonds is 3. The third-order valence-electron chi connectivity index (χ3n) is 1.14. The van der Waals surface area contributed by atoms with E-state index in [1.807, 2.05) is 19.5 Å². The molecule has 10 heavy (non-hydrogen) atoms. The summed E-state index contributed by atoms with van der Waals surface area (Å²) in [4.78, 5) is 4.26. The van der Waals surface area contributed by atoms with Gasteiger partial charge < -0.3 is 10.6 Å². The van der Waals surface area contributed by atoms with Crippen molar-refractivity contribution in [2.75, 3.05) is 19.4 Å². The first-order chi connectivity index (χ1) is 4.86. The van der Waals surface area contributed by atoms with Crippen molar-refractivity contribution in [2.45, 2.75) is 6.54 Å². The van der Waals surface area contributed by atoms with Gasteiger partial charge in [-0.25, -0.2) is 4.98 Å². The van der Waals surface area contributed by atoms with Gasteiger partial charge in [-0.3, -0.25) is 0 Å². The highest BCUT2D eigenvalue weighted by Crippen LogP contribution is 2.12. The Labute approximate surface area is 64.5 Å². The summed E-state index contributed by atoms with van der Waals surface area (Å²) in [5.41, 5.74) is 0. The maximum absolute atomic E-state index is 4.26. The molecule has 0 unspecified atom stereocenters. The Morgan fingerprint density at radius 1 is 1.60 bits per heavy atom. The molecule has 0 saturated heterocycles. The fraction of sp³-hybridized carbons (Fsp3) is 0.500. The molecule has 0 amide bonds. The first-order valence-electron chi connectivity index (χ1n) is 3.13. The third kappa shape index (κ3) is 1.68. The van der Waals surface area contributed by atoms with E-state index in [2.05, 4.69) is 15.6 Å². The lowest BCUT2D eigenvalue weighted by atomic mass is 10.6. The third-order valence-corrected chi connectivity index (χ3v) is 1.98. The zero-order valence-electron chi connectivity index (χ0n) is 6.14. The molecule has 0 fully saturated rings. The fourth-order valence-corrected chi connectivity index (χ4v) is 1.46. The Hall–Kier alpha value is -0.610. The lowest BCUT2D eigenvalue weighted by Gasteiger charge is -1.91. The summed E-state index contributed by atoms with van der Waals surface area (Å²) in [6.07, 6.45) is 0. The summed E-state index contributed by atoms with van der Waals surface area (Å²) in [5.74, 6) is 0.954. The smallest absolute Gasteiger partial charge is 0.137 e. The van der Waals surface area contributed by atoms with Crippen molar-refractivity contribution in [1.82, 2.24) is 10.3 Å². The Morgan fingerprint density at radius 3 is 2.90 bits per heavy atom. The summed E-state index contributed by atoms with van der Waals surface area (Å²) in [6.45, 7) is 0.854. The van der Waals surface area contributed by atoms with Crippen LogP contribution < -0.4 is 10.6 Å². The highest BCUT2D eigenvalue weighted by molar-refractivity contribution is 7.10. The molecule has 1 rings (SSSR count). The van der Waals surface area contributed by atoms with Crippen molar-refractivity contribution < 1.29 is 0 Å². The average Bonchev–Trinajstić information content (AvgIpc) is 2.37. The molecule has 0 atom stereocenters. The topological polar surface area (TPSA) is 37.0 Å². The quantitative estimate of drug-likeness (QED) is 0.684.